The molecule has 80 valence electrons. The predicted octanol–water partition coefficient (Wildman–Crippen LogP) is 2.11. The molecule has 5 nitrogen and oxygen atoms in total. The predicted molar refractivity (Wildman–Crippen MR) is 50.1 cm³/mol. The van der Waals surface area contributed by atoms with E-state index in [2.05, 4.69) is 14.2 Å². The fourth-order valence-electron chi connectivity index (χ4n) is 0.856. The van der Waals surface area contributed by atoms with Gasteiger partial charge < -0.3 is 14.2 Å². The van der Waals surface area contributed by atoms with Crippen molar-refractivity contribution in [3.63, 3.8) is 0 Å². The lowest BCUT2D eigenvalue weighted by Crippen LogP contribution is -2.13. The van der Waals surface area contributed by atoms with Crippen LogP contribution in [0, 0.1) is 0 Å². The molecule has 1 aromatic carbocycles. The van der Waals surface area contributed by atoms with E-state index in [9.17, 15) is 9.59 Å². The zero-order valence-corrected chi connectivity index (χ0v) is 8.14. The molecule has 0 aliphatic rings. The lowest BCUT2D eigenvalue weighted by atomic mass is 10.2. The van der Waals surface area contributed by atoms with Crippen LogP contribution in [0.5, 0.6) is 0 Å². The van der Waals surface area contributed by atoms with Crippen molar-refractivity contribution < 1.29 is 23.8 Å². The van der Waals surface area contributed by atoms with Crippen molar-refractivity contribution >= 4 is 12.3 Å². The van der Waals surface area contributed by atoms with Crippen LogP contribution in [0.1, 0.15) is 5.56 Å². The molecule has 5 heteroatoms. The van der Waals surface area contributed by atoms with Crippen LogP contribution in [-0.4, -0.2) is 19.4 Å². The Hall–Kier alpha value is -2.04. The number of methoxy groups -OCH3 is 1. The quantitative estimate of drug-likeness (QED) is 0.552. The maximum Gasteiger partial charge on any atom is 0.518 e. The summed E-state index contributed by atoms with van der Waals surface area (Å²) in [6.07, 6.45) is -2.17. The van der Waals surface area contributed by atoms with Gasteiger partial charge in [-0.05, 0) is 5.56 Å². The highest BCUT2D eigenvalue weighted by molar-refractivity contribution is 5.76. The van der Waals surface area contributed by atoms with Crippen molar-refractivity contribution in [3.05, 3.63) is 35.9 Å². The van der Waals surface area contributed by atoms with E-state index < -0.39 is 12.3 Å². The summed E-state index contributed by atoms with van der Waals surface area (Å²) in [5, 5.41) is 0. The van der Waals surface area contributed by atoms with Gasteiger partial charge in [0.1, 0.15) is 6.61 Å². The summed E-state index contributed by atoms with van der Waals surface area (Å²) in [7, 11) is 1.10. The van der Waals surface area contributed by atoms with Crippen LogP contribution in [-0.2, 0) is 20.8 Å². The van der Waals surface area contributed by atoms with Gasteiger partial charge in [0, 0.05) is 0 Å². The minimum atomic E-state index is -1.09. The molecule has 0 aliphatic heterocycles. The zero-order chi connectivity index (χ0) is 11.1. The van der Waals surface area contributed by atoms with E-state index in [-0.39, 0.29) is 6.61 Å². The summed E-state index contributed by atoms with van der Waals surface area (Å²) in [4.78, 5) is 21.3. The summed E-state index contributed by atoms with van der Waals surface area (Å²) < 4.78 is 12.8. The first kappa shape index (κ1) is 11.0. The van der Waals surface area contributed by atoms with Crippen molar-refractivity contribution in [1.29, 1.82) is 0 Å². The normalized spacial score (nSPS) is 9.13. The average molecular weight is 210 g/mol. The van der Waals surface area contributed by atoms with Crippen LogP contribution in [0.15, 0.2) is 30.3 Å². The zero-order valence-electron chi connectivity index (χ0n) is 8.14. The van der Waals surface area contributed by atoms with Gasteiger partial charge in [-0.3, -0.25) is 0 Å². The van der Waals surface area contributed by atoms with E-state index in [0.29, 0.717) is 0 Å². The second kappa shape index (κ2) is 5.64. The van der Waals surface area contributed by atoms with E-state index in [1.54, 1.807) is 12.1 Å². The molecular formula is C10H10O5. The molecule has 0 unspecified atom stereocenters. The summed E-state index contributed by atoms with van der Waals surface area (Å²) in [5.74, 6) is 0. The van der Waals surface area contributed by atoms with E-state index >= 15 is 0 Å². The average Bonchev–Trinajstić information content (AvgIpc) is 2.27. The number of hydrogen-bond donors (Lipinski definition) is 0. The first-order chi connectivity index (χ1) is 7.22. The van der Waals surface area contributed by atoms with Gasteiger partial charge in [0.2, 0.25) is 0 Å². The molecule has 0 aliphatic carbocycles. The van der Waals surface area contributed by atoms with Gasteiger partial charge in [-0.2, -0.15) is 0 Å². The third-order valence-corrected chi connectivity index (χ3v) is 1.53. The highest BCUT2D eigenvalue weighted by Gasteiger charge is 2.11. The van der Waals surface area contributed by atoms with E-state index in [1.807, 2.05) is 18.2 Å². The molecule has 0 spiro atoms. The fraction of sp³-hybridized carbons (Fsp3) is 0.200. The standard InChI is InChI=1S/C10H10O5/c1-13-9(11)15-10(12)14-7-8-5-3-2-4-6-8/h2-6H,7H2,1H3. The summed E-state index contributed by atoms with van der Waals surface area (Å²) >= 11 is 0. The smallest absolute Gasteiger partial charge is 0.437 e. The molecule has 0 radical (unpaired) electrons. The Morgan fingerprint density at radius 1 is 1.13 bits per heavy atom. The highest BCUT2D eigenvalue weighted by Crippen LogP contribution is 2.01. The van der Waals surface area contributed by atoms with Crippen molar-refractivity contribution in [1.82, 2.24) is 0 Å². The van der Waals surface area contributed by atoms with Gasteiger partial charge in [0.05, 0.1) is 7.11 Å². The number of carbonyl (C=O) groups is 2. The van der Waals surface area contributed by atoms with Crippen LogP contribution in [0.3, 0.4) is 0 Å². The maximum atomic E-state index is 10.8. The van der Waals surface area contributed by atoms with Crippen molar-refractivity contribution in [2.45, 2.75) is 6.61 Å². The molecule has 0 amide bonds. The lowest BCUT2D eigenvalue weighted by Gasteiger charge is -2.03. The molecule has 0 saturated carbocycles. The lowest BCUT2D eigenvalue weighted by molar-refractivity contribution is 0.0420. The summed E-state index contributed by atoms with van der Waals surface area (Å²) in [6.45, 7) is 0.0522. The second-order valence-electron chi connectivity index (χ2n) is 2.58. The van der Waals surface area contributed by atoms with Crippen LogP contribution in [0.2, 0.25) is 0 Å². The molecule has 1 rings (SSSR count). The molecule has 0 bridgehead atoms. The minimum absolute atomic E-state index is 0.0522. The Morgan fingerprint density at radius 3 is 2.40 bits per heavy atom. The highest BCUT2D eigenvalue weighted by atomic mass is 16.8. The number of benzene rings is 1. The third-order valence-electron chi connectivity index (χ3n) is 1.53. The molecule has 0 N–H and O–H groups in total. The van der Waals surface area contributed by atoms with E-state index in [1.165, 1.54) is 0 Å². The Balaban J connectivity index is 2.32. The van der Waals surface area contributed by atoms with Gasteiger partial charge in [0.15, 0.2) is 0 Å². The largest absolute Gasteiger partial charge is 0.518 e. The Morgan fingerprint density at radius 2 is 1.80 bits per heavy atom. The third kappa shape index (κ3) is 4.12. The monoisotopic (exact) mass is 210 g/mol. The molecule has 0 aromatic heterocycles. The molecule has 1 aromatic rings. The van der Waals surface area contributed by atoms with Crippen LogP contribution >= 0.6 is 0 Å². The summed E-state index contributed by atoms with van der Waals surface area (Å²) in [5.41, 5.74) is 0.805. The van der Waals surface area contributed by atoms with Crippen molar-refractivity contribution in [2.75, 3.05) is 7.11 Å². The number of rotatable bonds is 2. The second-order valence-corrected chi connectivity index (χ2v) is 2.58. The van der Waals surface area contributed by atoms with Gasteiger partial charge >= 0.3 is 12.3 Å². The van der Waals surface area contributed by atoms with Gasteiger partial charge in [-0.1, -0.05) is 30.3 Å². The number of carbonyl (C=O) groups excluding carboxylic acids is 2. The van der Waals surface area contributed by atoms with Gasteiger partial charge in [0.25, 0.3) is 0 Å². The Bertz CT molecular complexity index is 333. The first-order valence-electron chi connectivity index (χ1n) is 4.19. The van der Waals surface area contributed by atoms with Gasteiger partial charge in [-0.25, -0.2) is 9.59 Å². The van der Waals surface area contributed by atoms with Crippen LogP contribution < -0.4 is 0 Å². The van der Waals surface area contributed by atoms with Gasteiger partial charge in [-0.15, -0.1) is 0 Å². The molecule has 0 heterocycles. The molecule has 15 heavy (non-hydrogen) atoms. The Kier molecular flexibility index (Phi) is 4.15. The van der Waals surface area contributed by atoms with Crippen molar-refractivity contribution in [3.8, 4) is 0 Å². The molecule has 0 fully saturated rings. The van der Waals surface area contributed by atoms with E-state index in [0.717, 1.165) is 12.7 Å². The van der Waals surface area contributed by atoms with Crippen LogP contribution in [0.4, 0.5) is 9.59 Å². The maximum absolute atomic E-state index is 10.8. The minimum Gasteiger partial charge on any atom is -0.437 e. The number of ether oxygens (including phenoxy) is 3. The fourth-order valence-corrected chi connectivity index (χ4v) is 0.856. The summed E-state index contributed by atoms with van der Waals surface area (Å²) in [6, 6.07) is 9.03. The molecular weight excluding hydrogens is 200 g/mol. The van der Waals surface area contributed by atoms with Crippen molar-refractivity contribution in [2.24, 2.45) is 0 Å². The molecule has 0 saturated heterocycles. The number of hydrogen-bond acceptors (Lipinski definition) is 5. The van der Waals surface area contributed by atoms with Crippen LogP contribution in [0.25, 0.3) is 0 Å². The first-order valence-corrected chi connectivity index (χ1v) is 4.19. The SMILES string of the molecule is COC(=O)OC(=O)OCc1ccccc1. The van der Waals surface area contributed by atoms with E-state index in [4.69, 9.17) is 0 Å². The Labute approximate surface area is 86.6 Å². The topological polar surface area (TPSA) is 61.8 Å². The molecule has 0 atom stereocenters.